The molecule has 0 aliphatic rings. The molecule has 2 rings (SSSR count). The Bertz CT molecular complexity index is 528. The molecular formula is C9H9N5O2S. The SMILES string of the molecule is NNc1cccc(Sc2ncc[nH]2)c1[N+](=O)[O-]. The molecule has 0 atom stereocenters. The number of anilines is 1. The lowest BCUT2D eigenvalue weighted by Gasteiger charge is -2.05. The summed E-state index contributed by atoms with van der Waals surface area (Å²) >= 11 is 1.17. The second-order valence-electron chi connectivity index (χ2n) is 3.05. The number of hydrogen-bond donors (Lipinski definition) is 3. The number of benzene rings is 1. The van der Waals surface area contributed by atoms with Gasteiger partial charge in [0.1, 0.15) is 5.69 Å². The summed E-state index contributed by atoms with van der Waals surface area (Å²) in [5.74, 6) is 5.24. The molecule has 0 fully saturated rings. The van der Waals surface area contributed by atoms with Crippen molar-refractivity contribution in [3.05, 3.63) is 40.7 Å². The van der Waals surface area contributed by atoms with Gasteiger partial charge in [-0.3, -0.25) is 16.0 Å². The first-order valence-electron chi connectivity index (χ1n) is 4.63. The second-order valence-corrected chi connectivity index (χ2v) is 4.08. The number of nitrogens with zero attached hydrogens (tertiary/aromatic N) is 2. The van der Waals surface area contributed by atoms with Gasteiger partial charge < -0.3 is 10.4 Å². The largest absolute Gasteiger partial charge is 0.339 e. The van der Waals surface area contributed by atoms with Crippen LogP contribution in [0, 0.1) is 10.1 Å². The first-order chi connectivity index (χ1) is 8.22. The zero-order valence-electron chi connectivity index (χ0n) is 8.58. The van der Waals surface area contributed by atoms with Crippen LogP contribution in [0.5, 0.6) is 0 Å². The minimum absolute atomic E-state index is 0.0589. The van der Waals surface area contributed by atoms with Gasteiger partial charge in [-0.25, -0.2) is 4.98 Å². The normalized spacial score (nSPS) is 10.2. The molecule has 17 heavy (non-hydrogen) atoms. The van der Waals surface area contributed by atoms with Crippen molar-refractivity contribution in [3.63, 3.8) is 0 Å². The Morgan fingerprint density at radius 2 is 2.35 bits per heavy atom. The number of aromatic amines is 1. The van der Waals surface area contributed by atoms with Gasteiger partial charge in [0.05, 0.1) is 9.82 Å². The van der Waals surface area contributed by atoms with Crippen LogP contribution in [0.15, 0.2) is 40.6 Å². The third-order valence-electron chi connectivity index (χ3n) is 2.02. The van der Waals surface area contributed by atoms with Crippen LogP contribution in [-0.2, 0) is 0 Å². The standard InChI is InChI=1S/C9H9N5O2S/c10-13-6-2-1-3-7(8(6)14(15)16)17-9-11-4-5-12-9/h1-5,13H,10H2,(H,11,12). The van der Waals surface area contributed by atoms with Gasteiger partial charge in [-0.05, 0) is 23.9 Å². The maximum atomic E-state index is 11.0. The predicted octanol–water partition coefficient (Wildman–Crippen LogP) is 1.75. The van der Waals surface area contributed by atoms with E-state index in [0.717, 1.165) is 0 Å². The molecule has 1 aromatic carbocycles. The highest BCUT2D eigenvalue weighted by atomic mass is 32.2. The van der Waals surface area contributed by atoms with E-state index >= 15 is 0 Å². The molecule has 0 saturated carbocycles. The van der Waals surface area contributed by atoms with Crippen molar-refractivity contribution in [1.29, 1.82) is 0 Å². The molecule has 0 radical (unpaired) electrons. The summed E-state index contributed by atoms with van der Waals surface area (Å²) in [4.78, 5) is 17.9. The average molecular weight is 251 g/mol. The van der Waals surface area contributed by atoms with Crippen LogP contribution < -0.4 is 11.3 Å². The Balaban J connectivity index is 2.42. The first kappa shape index (κ1) is 11.4. The van der Waals surface area contributed by atoms with Crippen LogP contribution in [0.25, 0.3) is 0 Å². The number of nitro groups is 1. The van der Waals surface area contributed by atoms with E-state index in [1.807, 2.05) is 0 Å². The van der Waals surface area contributed by atoms with Crippen LogP contribution in [0.4, 0.5) is 11.4 Å². The van der Waals surface area contributed by atoms with E-state index in [2.05, 4.69) is 15.4 Å². The van der Waals surface area contributed by atoms with Gasteiger partial charge in [0, 0.05) is 12.4 Å². The molecule has 0 aliphatic carbocycles. The second kappa shape index (κ2) is 4.85. The number of nitro benzene ring substituents is 1. The lowest BCUT2D eigenvalue weighted by atomic mass is 10.3. The number of imidazole rings is 1. The summed E-state index contributed by atoms with van der Waals surface area (Å²) < 4.78 is 0. The fourth-order valence-corrected chi connectivity index (χ4v) is 2.20. The lowest BCUT2D eigenvalue weighted by Crippen LogP contribution is -2.09. The van der Waals surface area contributed by atoms with Crippen molar-refractivity contribution in [3.8, 4) is 0 Å². The van der Waals surface area contributed by atoms with E-state index in [9.17, 15) is 10.1 Å². The number of hydrogen-bond acceptors (Lipinski definition) is 6. The minimum atomic E-state index is -0.472. The molecule has 4 N–H and O–H groups in total. The summed E-state index contributed by atoms with van der Waals surface area (Å²) in [5, 5.41) is 11.6. The fourth-order valence-electron chi connectivity index (χ4n) is 1.32. The van der Waals surface area contributed by atoms with Gasteiger partial charge in [-0.1, -0.05) is 6.07 Å². The molecule has 0 spiro atoms. The third-order valence-corrected chi connectivity index (χ3v) is 2.98. The van der Waals surface area contributed by atoms with E-state index in [1.165, 1.54) is 11.8 Å². The fraction of sp³-hybridized carbons (Fsp3) is 0. The Kier molecular flexibility index (Phi) is 3.26. The summed E-state index contributed by atoms with van der Waals surface area (Å²) in [6.07, 6.45) is 3.23. The molecule has 8 heteroatoms. The monoisotopic (exact) mass is 251 g/mol. The molecule has 0 bridgehead atoms. The maximum Gasteiger partial charge on any atom is 0.307 e. The highest BCUT2D eigenvalue weighted by Crippen LogP contribution is 2.37. The number of nitrogens with two attached hydrogens (primary N) is 1. The van der Waals surface area contributed by atoms with Crippen molar-refractivity contribution in [2.45, 2.75) is 10.1 Å². The molecule has 7 nitrogen and oxygen atoms in total. The first-order valence-corrected chi connectivity index (χ1v) is 5.45. The predicted molar refractivity (Wildman–Crippen MR) is 63.6 cm³/mol. The molecule has 0 unspecified atom stereocenters. The van der Waals surface area contributed by atoms with E-state index in [0.29, 0.717) is 10.1 Å². The Labute approximate surface area is 101 Å². The molecule has 1 aromatic heterocycles. The third kappa shape index (κ3) is 2.37. The zero-order chi connectivity index (χ0) is 12.3. The molecule has 2 aromatic rings. The molecule has 0 saturated heterocycles. The maximum absolute atomic E-state index is 11.0. The van der Waals surface area contributed by atoms with Crippen LogP contribution in [0.3, 0.4) is 0 Å². The van der Waals surface area contributed by atoms with Gasteiger partial charge in [0.25, 0.3) is 0 Å². The van der Waals surface area contributed by atoms with E-state index in [-0.39, 0.29) is 11.4 Å². The summed E-state index contributed by atoms with van der Waals surface area (Å²) in [7, 11) is 0. The summed E-state index contributed by atoms with van der Waals surface area (Å²) in [5.41, 5.74) is 2.52. The summed E-state index contributed by atoms with van der Waals surface area (Å²) in [6.45, 7) is 0. The van der Waals surface area contributed by atoms with Crippen molar-refractivity contribution in [2.75, 3.05) is 5.43 Å². The number of H-pyrrole nitrogens is 1. The van der Waals surface area contributed by atoms with Crippen LogP contribution in [-0.4, -0.2) is 14.9 Å². The number of hydrazine groups is 1. The van der Waals surface area contributed by atoms with Gasteiger partial charge in [-0.2, -0.15) is 0 Å². The Morgan fingerprint density at radius 3 is 2.94 bits per heavy atom. The topological polar surface area (TPSA) is 110 Å². The molecule has 0 amide bonds. The van der Waals surface area contributed by atoms with Crippen molar-refractivity contribution in [2.24, 2.45) is 5.84 Å². The average Bonchev–Trinajstić information content (AvgIpc) is 2.81. The van der Waals surface area contributed by atoms with Crippen LogP contribution in [0.2, 0.25) is 0 Å². The highest BCUT2D eigenvalue weighted by Gasteiger charge is 2.20. The quantitative estimate of drug-likeness (QED) is 0.434. The van der Waals surface area contributed by atoms with Crippen molar-refractivity contribution in [1.82, 2.24) is 9.97 Å². The van der Waals surface area contributed by atoms with Crippen molar-refractivity contribution < 1.29 is 4.92 Å². The summed E-state index contributed by atoms with van der Waals surface area (Å²) in [6, 6.07) is 4.88. The van der Waals surface area contributed by atoms with E-state index in [4.69, 9.17) is 5.84 Å². The Morgan fingerprint density at radius 1 is 1.53 bits per heavy atom. The number of nitrogen functional groups attached to an aromatic ring is 1. The number of nitrogens with one attached hydrogen (secondary N) is 2. The highest BCUT2D eigenvalue weighted by molar-refractivity contribution is 7.99. The number of para-hydroxylation sites is 1. The molecule has 88 valence electrons. The smallest absolute Gasteiger partial charge is 0.307 e. The van der Waals surface area contributed by atoms with Crippen LogP contribution >= 0.6 is 11.8 Å². The minimum Gasteiger partial charge on any atom is -0.339 e. The van der Waals surface area contributed by atoms with Gasteiger partial charge in [0.2, 0.25) is 0 Å². The number of aromatic nitrogens is 2. The zero-order valence-corrected chi connectivity index (χ0v) is 9.40. The van der Waals surface area contributed by atoms with E-state index < -0.39 is 4.92 Å². The van der Waals surface area contributed by atoms with Gasteiger partial charge in [-0.15, -0.1) is 0 Å². The number of rotatable bonds is 4. The molecule has 0 aliphatic heterocycles. The van der Waals surface area contributed by atoms with Crippen LogP contribution in [0.1, 0.15) is 0 Å². The van der Waals surface area contributed by atoms with Gasteiger partial charge >= 0.3 is 5.69 Å². The van der Waals surface area contributed by atoms with Crippen molar-refractivity contribution >= 4 is 23.1 Å². The van der Waals surface area contributed by atoms with Gasteiger partial charge in [0.15, 0.2) is 5.16 Å². The lowest BCUT2D eigenvalue weighted by molar-refractivity contribution is -0.386. The molecule has 1 heterocycles. The Hall–Kier alpha value is -2.06. The molecular weight excluding hydrogens is 242 g/mol. The van der Waals surface area contributed by atoms with E-state index in [1.54, 1.807) is 30.6 Å².